The summed E-state index contributed by atoms with van der Waals surface area (Å²) in [5, 5.41) is 0. The van der Waals surface area contributed by atoms with Crippen molar-refractivity contribution in [3.05, 3.63) is 0 Å². The highest BCUT2D eigenvalue weighted by atomic mass is 32.2. The van der Waals surface area contributed by atoms with Crippen LogP contribution in [0, 0.1) is 17.8 Å². The monoisotopic (exact) mass is 171 g/mol. The van der Waals surface area contributed by atoms with Gasteiger partial charge in [-0.3, -0.25) is 0 Å². The highest BCUT2D eigenvalue weighted by Crippen LogP contribution is 2.47. The van der Waals surface area contributed by atoms with Crippen LogP contribution in [0.3, 0.4) is 0 Å². The van der Waals surface area contributed by atoms with Gasteiger partial charge in [0, 0.05) is 0 Å². The van der Waals surface area contributed by atoms with Crippen molar-refractivity contribution in [2.45, 2.75) is 19.3 Å². The fraction of sp³-hybridized carbons (Fsp3) is 1.00. The molecule has 0 amide bonds. The molecule has 0 radical (unpaired) electrons. The van der Waals surface area contributed by atoms with Crippen LogP contribution in [0.4, 0.5) is 0 Å². The Morgan fingerprint density at radius 3 is 2.91 bits per heavy atom. The van der Waals surface area contributed by atoms with Crippen LogP contribution in [0.1, 0.15) is 19.3 Å². The van der Waals surface area contributed by atoms with Crippen molar-refractivity contribution in [2.75, 3.05) is 18.1 Å². The maximum Gasteiger partial charge on any atom is -0.00364 e. The third-order valence-electron chi connectivity index (χ3n) is 3.08. The van der Waals surface area contributed by atoms with Gasteiger partial charge in [0.05, 0.1) is 0 Å². The highest BCUT2D eigenvalue weighted by molar-refractivity contribution is 7.99. The maximum atomic E-state index is 5.62. The first kappa shape index (κ1) is 7.93. The van der Waals surface area contributed by atoms with Crippen molar-refractivity contribution in [1.29, 1.82) is 0 Å². The van der Waals surface area contributed by atoms with Crippen LogP contribution in [-0.4, -0.2) is 18.1 Å². The van der Waals surface area contributed by atoms with Crippen molar-refractivity contribution in [2.24, 2.45) is 23.5 Å². The van der Waals surface area contributed by atoms with E-state index in [1.165, 1.54) is 30.8 Å². The molecule has 3 atom stereocenters. The molecule has 1 saturated carbocycles. The molecule has 2 N–H and O–H groups in total. The lowest BCUT2D eigenvalue weighted by atomic mass is 9.98. The number of thioether (sulfide) groups is 1. The maximum absolute atomic E-state index is 5.62. The van der Waals surface area contributed by atoms with Gasteiger partial charge in [-0.05, 0) is 55.1 Å². The molecule has 1 heterocycles. The van der Waals surface area contributed by atoms with Crippen LogP contribution in [0.2, 0.25) is 0 Å². The summed E-state index contributed by atoms with van der Waals surface area (Å²) < 4.78 is 0. The molecule has 2 fully saturated rings. The molecular formula is C9H17NS. The van der Waals surface area contributed by atoms with Crippen LogP contribution in [0.25, 0.3) is 0 Å². The fourth-order valence-corrected chi connectivity index (χ4v) is 3.48. The second kappa shape index (κ2) is 3.36. The van der Waals surface area contributed by atoms with Gasteiger partial charge in [-0.2, -0.15) is 11.8 Å². The van der Waals surface area contributed by atoms with E-state index < -0.39 is 0 Å². The first-order valence-electron chi connectivity index (χ1n) is 4.69. The zero-order chi connectivity index (χ0) is 7.68. The molecule has 0 aromatic heterocycles. The molecule has 2 aliphatic rings. The molecule has 1 aliphatic carbocycles. The van der Waals surface area contributed by atoms with Crippen LogP contribution in [-0.2, 0) is 0 Å². The molecule has 2 rings (SSSR count). The molecule has 0 bridgehead atoms. The molecule has 64 valence electrons. The van der Waals surface area contributed by atoms with Crippen molar-refractivity contribution in [3.63, 3.8) is 0 Å². The van der Waals surface area contributed by atoms with E-state index in [4.69, 9.17) is 5.73 Å². The Bertz CT molecular complexity index is 132. The van der Waals surface area contributed by atoms with E-state index in [-0.39, 0.29) is 0 Å². The Hall–Kier alpha value is 0.310. The fourth-order valence-electron chi connectivity index (χ4n) is 2.22. The molecule has 0 aromatic rings. The van der Waals surface area contributed by atoms with Gasteiger partial charge in [0.25, 0.3) is 0 Å². The zero-order valence-corrected chi connectivity index (χ0v) is 7.78. The predicted octanol–water partition coefficient (Wildman–Crippen LogP) is 1.72. The van der Waals surface area contributed by atoms with E-state index in [9.17, 15) is 0 Å². The normalized spacial score (nSPS) is 43.9. The second-order valence-electron chi connectivity index (χ2n) is 3.87. The lowest BCUT2D eigenvalue weighted by Crippen LogP contribution is -2.15. The number of hydrogen-bond donors (Lipinski definition) is 1. The lowest BCUT2D eigenvalue weighted by molar-refractivity contribution is 0.439. The van der Waals surface area contributed by atoms with Gasteiger partial charge in [-0.1, -0.05) is 0 Å². The molecule has 1 aliphatic heterocycles. The van der Waals surface area contributed by atoms with Gasteiger partial charge in [0.1, 0.15) is 0 Å². The minimum absolute atomic E-state index is 0.902. The molecule has 0 aromatic carbocycles. The number of nitrogens with two attached hydrogens (primary N) is 1. The topological polar surface area (TPSA) is 26.0 Å². The number of hydrogen-bond acceptors (Lipinski definition) is 2. The van der Waals surface area contributed by atoms with Gasteiger partial charge in [-0.15, -0.1) is 0 Å². The standard InChI is InChI=1S/C9H17NS/c10-5-8-4-9(8)7-2-1-3-11-6-7/h7-9H,1-6,10H2/t7?,8-,9-/m0/s1. The first-order valence-corrected chi connectivity index (χ1v) is 5.85. The smallest absolute Gasteiger partial charge is 0.00364 e. The van der Waals surface area contributed by atoms with Crippen LogP contribution < -0.4 is 5.73 Å². The van der Waals surface area contributed by atoms with E-state index >= 15 is 0 Å². The van der Waals surface area contributed by atoms with Gasteiger partial charge >= 0.3 is 0 Å². The highest BCUT2D eigenvalue weighted by Gasteiger charge is 2.41. The molecule has 1 unspecified atom stereocenters. The molecule has 1 nitrogen and oxygen atoms in total. The summed E-state index contributed by atoms with van der Waals surface area (Å²) in [5.41, 5.74) is 5.62. The van der Waals surface area contributed by atoms with Gasteiger partial charge < -0.3 is 5.73 Å². The lowest BCUT2D eigenvalue weighted by Gasteiger charge is -2.21. The van der Waals surface area contributed by atoms with Crippen molar-refractivity contribution < 1.29 is 0 Å². The molecule has 11 heavy (non-hydrogen) atoms. The summed E-state index contributed by atoms with van der Waals surface area (Å²) in [4.78, 5) is 0. The molecule has 2 heteroatoms. The van der Waals surface area contributed by atoms with Crippen LogP contribution in [0.5, 0.6) is 0 Å². The zero-order valence-electron chi connectivity index (χ0n) is 6.96. The molecule has 1 saturated heterocycles. The molecule has 0 spiro atoms. The Morgan fingerprint density at radius 1 is 1.45 bits per heavy atom. The minimum atomic E-state index is 0.902. The Labute approximate surface area is 73.1 Å². The van der Waals surface area contributed by atoms with Gasteiger partial charge in [0.15, 0.2) is 0 Å². The third kappa shape index (κ3) is 1.73. The predicted molar refractivity (Wildman–Crippen MR) is 50.7 cm³/mol. The average molecular weight is 171 g/mol. The number of rotatable bonds is 2. The van der Waals surface area contributed by atoms with Crippen molar-refractivity contribution in [3.8, 4) is 0 Å². The Kier molecular flexibility index (Phi) is 2.42. The van der Waals surface area contributed by atoms with Crippen LogP contribution in [0.15, 0.2) is 0 Å². The van der Waals surface area contributed by atoms with Crippen molar-refractivity contribution >= 4 is 11.8 Å². The largest absolute Gasteiger partial charge is 0.330 e. The average Bonchev–Trinajstić information content (AvgIpc) is 2.85. The van der Waals surface area contributed by atoms with E-state index in [0.717, 1.165) is 24.3 Å². The van der Waals surface area contributed by atoms with Gasteiger partial charge in [-0.25, -0.2) is 0 Å². The second-order valence-corrected chi connectivity index (χ2v) is 5.02. The molecular weight excluding hydrogens is 154 g/mol. The minimum Gasteiger partial charge on any atom is -0.330 e. The van der Waals surface area contributed by atoms with E-state index in [1.807, 2.05) is 0 Å². The summed E-state index contributed by atoms with van der Waals surface area (Å²) in [6.45, 7) is 0.936. The van der Waals surface area contributed by atoms with E-state index in [0.29, 0.717) is 0 Å². The van der Waals surface area contributed by atoms with Gasteiger partial charge in [0.2, 0.25) is 0 Å². The summed E-state index contributed by atoms with van der Waals surface area (Å²) in [5.74, 6) is 5.77. The first-order chi connectivity index (χ1) is 5.42. The van der Waals surface area contributed by atoms with E-state index in [2.05, 4.69) is 11.8 Å². The summed E-state index contributed by atoms with van der Waals surface area (Å²) >= 11 is 2.14. The summed E-state index contributed by atoms with van der Waals surface area (Å²) in [7, 11) is 0. The Morgan fingerprint density at radius 2 is 2.36 bits per heavy atom. The van der Waals surface area contributed by atoms with Crippen molar-refractivity contribution in [1.82, 2.24) is 0 Å². The summed E-state index contributed by atoms with van der Waals surface area (Å²) in [6.07, 6.45) is 4.36. The Balaban J connectivity index is 1.77. The quantitative estimate of drug-likeness (QED) is 0.684. The van der Waals surface area contributed by atoms with E-state index in [1.54, 1.807) is 0 Å². The summed E-state index contributed by atoms with van der Waals surface area (Å²) in [6, 6.07) is 0. The van der Waals surface area contributed by atoms with Crippen LogP contribution >= 0.6 is 11.8 Å². The SMILES string of the molecule is NC[C@@H]1C[C@H]1C1CCCSC1. The third-order valence-corrected chi connectivity index (χ3v) is 4.32.